The minimum absolute atomic E-state index is 0.131. The fourth-order valence-electron chi connectivity index (χ4n) is 6.73. The summed E-state index contributed by atoms with van der Waals surface area (Å²) in [5, 5.41) is 0. The average molecular weight is 476 g/mol. The summed E-state index contributed by atoms with van der Waals surface area (Å²) < 4.78 is 29.8. The van der Waals surface area contributed by atoms with Crippen LogP contribution < -0.4 is 5.56 Å². The van der Waals surface area contributed by atoms with Crippen LogP contribution in [0, 0.1) is 24.5 Å². The van der Waals surface area contributed by atoms with Crippen molar-refractivity contribution in [2.75, 3.05) is 19.6 Å². The van der Waals surface area contributed by atoms with Crippen molar-refractivity contribution in [3.8, 4) is 0 Å². The molecule has 2 aliphatic heterocycles. The maximum Gasteiger partial charge on any atom is 0.256 e. The van der Waals surface area contributed by atoms with E-state index in [-0.39, 0.29) is 29.0 Å². The normalized spacial score (nSPS) is 23.6. The molecule has 0 bridgehead atoms. The van der Waals surface area contributed by atoms with E-state index < -0.39 is 0 Å². The van der Waals surface area contributed by atoms with Gasteiger partial charge >= 0.3 is 0 Å². The molecule has 2 aromatic carbocycles. The van der Waals surface area contributed by atoms with Gasteiger partial charge in [0.15, 0.2) is 0 Å². The van der Waals surface area contributed by atoms with Crippen LogP contribution >= 0.6 is 0 Å². The first kappa shape index (κ1) is 22.6. The lowest BCUT2D eigenvalue weighted by Gasteiger charge is -2.37. The Morgan fingerprint density at radius 3 is 2.63 bits per heavy atom. The van der Waals surface area contributed by atoms with Gasteiger partial charge in [-0.15, -0.1) is 0 Å². The van der Waals surface area contributed by atoms with Crippen LogP contribution in [0.25, 0.3) is 0 Å². The van der Waals surface area contributed by atoms with Gasteiger partial charge in [0.05, 0.1) is 0 Å². The molecule has 3 aromatic rings. The smallest absolute Gasteiger partial charge is 0.256 e. The van der Waals surface area contributed by atoms with E-state index in [1.54, 1.807) is 12.1 Å². The standard InChI is InChI=1S/C29H31F2N3O/c1-18-22(29(35)34-13-3-2-4-27(34)32-18)11-14-33-15-12-24-26(17-33)25-16-21(31)9-10-23(25)28(24)19-5-7-20(30)8-6-19/h5-10,16,24,26,28H,2-4,11-15,17H2,1H3. The molecule has 0 spiro atoms. The molecule has 3 heterocycles. The number of fused-ring (bicyclic) bond motifs is 4. The molecule has 3 unspecified atom stereocenters. The van der Waals surface area contributed by atoms with Gasteiger partial charge < -0.3 is 4.90 Å². The quantitative estimate of drug-likeness (QED) is 0.535. The molecule has 4 nitrogen and oxygen atoms in total. The lowest BCUT2D eigenvalue weighted by atomic mass is 9.78. The van der Waals surface area contributed by atoms with Crippen molar-refractivity contribution in [2.24, 2.45) is 5.92 Å². The SMILES string of the molecule is Cc1nc2n(c(=O)c1CCN1CCC3C(C1)c1cc(F)ccc1C3c1ccc(F)cc1)CCCC2. The van der Waals surface area contributed by atoms with Gasteiger partial charge in [0.25, 0.3) is 5.56 Å². The van der Waals surface area contributed by atoms with Crippen LogP contribution in [0.4, 0.5) is 8.78 Å². The topological polar surface area (TPSA) is 38.1 Å². The van der Waals surface area contributed by atoms with Gasteiger partial charge in [0, 0.05) is 49.1 Å². The van der Waals surface area contributed by atoms with Crippen molar-refractivity contribution >= 4 is 0 Å². The van der Waals surface area contributed by atoms with Crippen molar-refractivity contribution in [1.29, 1.82) is 0 Å². The minimum atomic E-state index is -0.236. The lowest BCUT2D eigenvalue weighted by molar-refractivity contribution is 0.162. The summed E-state index contributed by atoms with van der Waals surface area (Å²) in [6, 6.07) is 12.0. The summed E-state index contributed by atoms with van der Waals surface area (Å²) in [7, 11) is 0. The third-order valence-corrected chi connectivity index (χ3v) is 8.45. The predicted octanol–water partition coefficient (Wildman–Crippen LogP) is 4.96. The third-order valence-electron chi connectivity index (χ3n) is 8.45. The van der Waals surface area contributed by atoms with Crippen LogP contribution in [-0.2, 0) is 19.4 Å². The molecule has 0 saturated carbocycles. The second kappa shape index (κ2) is 8.98. The van der Waals surface area contributed by atoms with Crippen LogP contribution in [0.1, 0.15) is 64.9 Å². The Labute approximate surface area is 204 Å². The van der Waals surface area contributed by atoms with Crippen molar-refractivity contribution in [3.05, 3.63) is 98.2 Å². The van der Waals surface area contributed by atoms with Crippen molar-refractivity contribution in [3.63, 3.8) is 0 Å². The van der Waals surface area contributed by atoms with E-state index in [2.05, 4.69) is 4.90 Å². The number of nitrogens with zero attached hydrogens (tertiary/aromatic N) is 3. The Morgan fingerprint density at radius 1 is 1.00 bits per heavy atom. The molecule has 1 fully saturated rings. The number of hydrogen-bond donors (Lipinski definition) is 0. The summed E-state index contributed by atoms with van der Waals surface area (Å²) in [5.74, 6) is 1.25. The number of aryl methyl sites for hydroxylation is 2. The molecule has 35 heavy (non-hydrogen) atoms. The van der Waals surface area contributed by atoms with E-state index in [1.165, 1.54) is 17.7 Å². The highest BCUT2D eigenvalue weighted by Gasteiger charge is 2.44. The molecule has 1 aromatic heterocycles. The fourth-order valence-corrected chi connectivity index (χ4v) is 6.73. The number of rotatable bonds is 4. The Morgan fingerprint density at radius 2 is 1.80 bits per heavy atom. The Kier molecular flexibility index (Phi) is 5.79. The van der Waals surface area contributed by atoms with Crippen LogP contribution in [0.2, 0.25) is 0 Å². The van der Waals surface area contributed by atoms with Gasteiger partial charge in [-0.05, 0) is 86.0 Å². The van der Waals surface area contributed by atoms with Gasteiger partial charge in [-0.3, -0.25) is 9.36 Å². The first-order chi connectivity index (χ1) is 17.0. The summed E-state index contributed by atoms with van der Waals surface area (Å²) in [6.45, 7) is 5.31. The summed E-state index contributed by atoms with van der Waals surface area (Å²) >= 11 is 0. The van der Waals surface area contributed by atoms with Crippen LogP contribution in [0.15, 0.2) is 47.3 Å². The number of halogens is 2. The zero-order valence-electron chi connectivity index (χ0n) is 20.1. The highest BCUT2D eigenvalue weighted by molar-refractivity contribution is 5.47. The third kappa shape index (κ3) is 4.02. The highest BCUT2D eigenvalue weighted by Crippen LogP contribution is 2.53. The molecule has 0 N–H and O–H groups in total. The number of hydrogen-bond acceptors (Lipinski definition) is 3. The zero-order chi connectivity index (χ0) is 24.1. The number of likely N-dealkylation sites (tertiary alicyclic amines) is 1. The Hall–Kier alpha value is -2.86. The highest BCUT2D eigenvalue weighted by atomic mass is 19.1. The van der Waals surface area contributed by atoms with Gasteiger partial charge in [-0.25, -0.2) is 13.8 Å². The molecular weight excluding hydrogens is 444 g/mol. The zero-order valence-corrected chi connectivity index (χ0v) is 20.1. The van der Waals surface area contributed by atoms with Crippen molar-refractivity contribution in [1.82, 2.24) is 14.5 Å². The van der Waals surface area contributed by atoms with E-state index in [9.17, 15) is 13.6 Å². The number of piperidine rings is 1. The Bertz CT molecular complexity index is 1320. The van der Waals surface area contributed by atoms with Crippen molar-refractivity contribution < 1.29 is 8.78 Å². The van der Waals surface area contributed by atoms with E-state index in [0.29, 0.717) is 12.3 Å². The lowest BCUT2D eigenvalue weighted by Crippen LogP contribution is -2.40. The molecule has 6 rings (SSSR count). The van der Waals surface area contributed by atoms with Gasteiger partial charge in [0.1, 0.15) is 17.5 Å². The average Bonchev–Trinajstić information content (AvgIpc) is 3.17. The minimum Gasteiger partial charge on any atom is -0.302 e. The first-order valence-electron chi connectivity index (χ1n) is 12.9. The molecule has 1 saturated heterocycles. The van der Waals surface area contributed by atoms with Crippen LogP contribution in [0.5, 0.6) is 0 Å². The summed E-state index contributed by atoms with van der Waals surface area (Å²) in [4.78, 5) is 20.3. The van der Waals surface area contributed by atoms with E-state index in [0.717, 1.165) is 80.1 Å². The van der Waals surface area contributed by atoms with E-state index in [4.69, 9.17) is 4.98 Å². The predicted molar refractivity (Wildman–Crippen MR) is 132 cm³/mol. The number of aromatic nitrogens is 2. The maximum atomic E-state index is 14.3. The van der Waals surface area contributed by atoms with Gasteiger partial charge in [-0.2, -0.15) is 0 Å². The maximum absolute atomic E-state index is 14.3. The summed E-state index contributed by atoms with van der Waals surface area (Å²) in [5.41, 5.74) is 5.18. The summed E-state index contributed by atoms with van der Waals surface area (Å²) in [6.07, 6.45) is 4.70. The molecule has 1 aliphatic carbocycles. The molecular formula is C29H31F2N3O. The van der Waals surface area contributed by atoms with Gasteiger partial charge in [-0.1, -0.05) is 18.2 Å². The number of benzene rings is 2. The van der Waals surface area contributed by atoms with Crippen molar-refractivity contribution in [2.45, 2.75) is 57.4 Å². The fraction of sp³-hybridized carbons (Fsp3) is 0.448. The molecule has 182 valence electrons. The molecule has 3 aliphatic rings. The molecule has 3 atom stereocenters. The Balaban J connectivity index is 1.24. The van der Waals surface area contributed by atoms with E-state index in [1.807, 2.05) is 29.7 Å². The largest absolute Gasteiger partial charge is 0.302 e. The molecule has 0 radical (unpaired) electrons. The first-order valence-corrected chi connectivity index (χ1v) is 12.9. The molecule has 0 amide bonds. The second-order valence-corrected chi connectivity index (χ2v) is 10.4. The van der Waals surface area contributed by atoms with Gasteiger partial charge in [0.2, 0.25) is 0 Å². The van der Waals surface area contributed by atoms with E-state index >= 15 is 0 Å². The second-order valence-electron chi connectivity index (χ2n) is 10.4. The molecule has 6 heteroatoms. The monoisotopic (exact) mass is 475 g/mol. The van der Waals surface area contributed by atoms with Crippen LogP contribution in [-0.4, -0.2) is 34.1 Å². The van der Waals surface area contributed by atoms with Crippen LogP contribution in [0.3, 0.4) is 0 Å².